The molecule has 138 valence electrons. The van der Waals surface area contributed by atoms with Crippen LogP contribution in [0.1, 0.15) is 36.2 Å². The third-order valence-corrected chi connectivity index (χ3v) is 3.78. The van der Waals surface area contributed by atoms with E-state index in [0.29, 0.717) is 17.7 Å². The minimum Gasteiger partial charge on any atom is -0.490 e. The molecular weight excluding hydrogens is 332 g/mol. The number of rotatable bonds is 10. The molecule has 0 saturated heterocycles. The molecule has 0 aromatic heterocycles. The second-order valence-corrected chi connectivity index (χ2v) is 5.66. The first-order chi connectivity index (χ1) is 12.6. The minimum absolute atomic E-state index is 0.0698. The standard InChI is InChI=1S/C21H24O5/c1-3-16-6-5-7-19(14-16)24-12-13-25-21(23)15-26-18-10-8-17(9-11-18)20(22)4-2/h5-11,14H,3-4,12-13,15H2,1-2H3. The Morgan fingerprint density at radius 3 is 2.35 bits per heavy atom. The molecule has 0 aliphatic heterocycles. The van der Waals surface area contributed by atoms with Crippen molar-refractivity contribution in [2.24, 2.45) is 0 Å². The van der Waals surface area contributed by atoms with Gasteiger partial charge in [0.25, 0.3) is 0 Å². The van der Waals surface area contributed by atoms with Gasteiger partial charge in [-0.15, -0.1) is 0 Å². The Hall–Kier alpha value is -2.82. The van der Waals surface area contributed by atoms with Crippen LogP contribution in [-0.4, -0.2) is 31.6 Å². The number of carbonyl (C=O) groups excluding carboxylic acids is 2. The van der Waals surface area contributed by atoms with Crippen molar-refractivity contribution in [2.75, 3.05) is 19.8 Å². The van der Waals surface area contributed by atoms with Crippen molar-refractivity contribution < 1.29 is 23.8 Å². The topological polar surface area (TPSA) is 61.8 Å². The molecule has 0 fully saturated rings. The second kappa shape index (κ2) is 10.2. The summed E-state index contributed by atoms with van der Waals surface area (Å²) < 4.78 is 16.0. The summed E-state index contributed by atoms with van der Waals surface area (Å²) >= 11 is 0. The van der Waals surface area contributed by atoms with Crippen LogP contribution < -0.4 is 9.47 Å². The number of hydrogen-bond acceptors (Lipinski definition) is 5. The van der Waals surface area contributed by atoms with Gasteiger partial charge in [-0.1, -0.05) is 26.0 Å². The Morgan fingerprint density at radius 2 is 1.65 bits per heavy atom. The van der Waals surface area contributed by atoms with Crippen molar-refractivity contribution in [3.05, 3.63) is 59.7 Å². The first-order valence-corrected chi connectivity index (χ1v) is 8.75. The van der Waals surface area contributed by atoms with Gasteiger partial charge in [0.2, 0.25) is 0 Å². The van der Waals surface area contributed by atoms with E-state index in [-0.39, 0.29) is 25.6 Å². The van der Waals surface area contributed by atoms with Gasteiger partial charge in [0.15, 0.2) is 12.4 Å². The van der Waals surface area contributed by atoms with E-state index in [4.69, 9.17) is 14.2 Å². The minimum atomic E-state index is -0.468. The van der Waals surface area contributed by atoms with Crippen molar-refractivity contribution in [1.29, 1.82) is 0 Å². The highest BCUT2D eigenvalue weighted by molar-refractivity contribution is 5.95. The van der Waals surface area contributed by atoms with Gasteiger partial charge in [0.05, 0.1) is 0 Å². The molecule has 26 heavy (non-hydrogen) atoms. The smallest absolute Gasteiger partial charge is 0.344 e. The summed E-state index contributed by atoms with van der Waals surface area (Å²) in [6, 6.07) is 14.5. The first-order valence-electron chi connectivity index (χ1n) is 8.75. The molecule has 0 heterocycles. The van der Waals surface area contributed by atoms with Gasteiger partial charge in [-0.3, -0.25) is 4.79 Å². The molecule has 0 aliphatic carbocycles. The van der Waals surface area contributed by atoms with Crippen molar-refractivity contribution in [3.8, 4) is 11.5 Å². The zero-order valence-electron chi connectivity index (χ0n) is 15.2. The molecule has 0 aliphatic rings. The van der Waals surface area contributed by atoms with Crippen molar-refractivity contribution in [3.63, 3.8) is 0 Å². The highest BCUT2D eigenvalue weighted by atomic mass is 16.6. The van der Waals surface area contributed by atoms with Gasteiger partial charge < -0.3 is 14.2 Å². The highest BCUT2D eigenvalue weighted by Crippen LogP contribution is 2.14. The lowest BCUT2D eigenvalue weighted by Gasteiger charge is -2.09. The molecule has 2 aromatic rings. The van der Waals surface area contributed by atoms with E-state index >= 15 is 0 Å². The summed E-state index contributed by atoms with van der Waals surface area (Å²) in [5.74, 6) is 0.880. The van der Waals surface area contributed by atoms with E-state index in [1.807, 2.05) is 31.2 Å². The molecule has 2 rings (SSSR count). The van der Waals surface area contributed by atoms with Crippen LogP contribution in [0.5, 0.6) is 11.5 Å². The van der Waals surface area contributed by atoms with Crippen LogP contribution in [0.2, 0.25) is 0 Å². The van der Waals surface area contributed by atoms with Crippen molar-refractivity contribution in [2.45, 2.75) is 26.7 Å². The monoisotopic (exact) mass is 356 g/mol. The number of ketones is 1. The maximum atomic E-state index is 11.7. The summed E-state index contributed by atoms with van der Waals surface area (Å²) in [5, 5.41) is 0. The molecule has 0 saturated carbocycles. The third-order valence-electron chi connectivity index (χ3n) is 3.78. The molecule has 0 unspecified atom stereocenters. The van der Waals surface area contributed by atoms with Crippen molar-refractivity contribution >= 4 is 11.8 Å². The summed E-state index contributed by atoms with van der Waals surface area (Å²) in [6.07, 6.45) is 1.40. The van der Waals surface area contributed by atoms with Crippen LogP contribution in [0, 0.1) is 0 Å². The highest BCUT2D eigenvalue weighted by Gasteiger charge is 2.06. The Labute approximate surface area is 153 Å². The number of ether oxygens (including phenoxy) is 3. The second-order valence-electron chi connectivity index (χ2n) is 5.66. The van der Waals surface area contributed by atoms with Crippen LogP contribution in [0.4, 0.5) is 0 Å². The molecule has 0 amide bonds. The quantitative estimate of drug-likeness (QED) is 0.368. The number of hydrogen-bond donors (Lipinski definition) is 0. The molecule has 0 atom stereocenters. The molecule has 5 heteroatoms. The van der Waals surface area contributed by atoms with E-state index in [9.17, 15) is 9.59 Å². The van der Waals surface area contributed by atoms with Crippen LogP contribution in [-0.2, 0) is 16.0 Å². The third kappa shape index (κ3) is 6.24. The summed E-state index contributed by atoms with van der Waals surface area (Å²) in [4.78, 5) is 23.2. The van der Waals surface area contributed by atoms with Crippen molar-refractivity contribution in [1.82, 2.24) is 0 Å². The predicted octanol–water partition coefficient (Wildman–Crippen LogP) is 3.84. The van der Waals surface area contributed by atoms with Gasteiger partial charge in [0.1, 0.15) is 24.7 Å². The Bertz CT molecular complexity index is 721. The Kier molecular flexibility index (Phi) is 7.68. The van der Waals surface area contributed by atoms with Gasteiger partial charge in [-0.25, -0.2) is 4.79 Å². The van der Waals surface area contributed by atoms with E-state index in [2.05, 4.69) is 6.92 Å². The average Bonchev–Trinajstić information content (AvgIpc) is 2.69. The van der Waals surface area contributed by atoms with Crippen LogP contribution in [0.25, 0.3) is 0 Å². The first kappa shape index (κ1) is 19.5. The zero-order valence-corrected chi connectivity index (χ0v) is 15.2. The number of carbonyl (C=O) groups is 2. The maximum Gasteiger partial charge on any atom is 0.344 e. The van der Waals surface area contributed by atoms with Gasteiger partial charge in [-0.05, 0) is 48.4 Å². The van der Waals surface area contributed by atoms with Gasteiger partial charge in [-0.2, -0.15) is 0 Å². The summed E-state index contributed by atoms with van der Waals surface area (Å²) in [5.41, 5.74) is 1.83. The molecule has 0 radical (unpaired) electrons. The lowest BCUT2D eigenvalue weighted by atomic mass is 10.1. The lowest BCUT2D eigenvalue weighted by molar-refractivity contribution is -0.146. The van der Waals surface area contributed by atoms with E-state index in [1.54, 1.807) is 24.3 Å². The predicted molar refractivity (Wildman–Crippen MR) is 98.8 cm³/mol. The van der Waals surface area contributed by atoms with E-state index in [1.165, 1.54) is 5.56 Å². The van der Waals surface area contributed by atoms with Gasteiger partial charge >= 0.3 is 5.97 Å². The SMILES string of the molecule is CCC(=O)c1ccc(OCC(=O)OCCOc2cccc(CC)c2)cc1. The van der Waals surface area contributed by atoms with Crippen LogP contribution >= 0.6 is 0 Å². The molecule has 5 nitrogen and oxygen atoms in total. The molecule has 0 N–H and O–H groups in total. The van der Waals surface area contributed by atoms with E-state index < -0.39 is 5.97 Å². The number of Topliss-reactive ketones (excluding diaryl/α,β-unsaturated/α-hetero) is 1. The fraction of sp³-hybridized carbons (Fsp3) is 0.333. The van der Waals surface area contributed by atoms with Crippen LogP contribution in [0.15, 0.2) is 48.5 Å². The zero-order chi connectivity index (χ0) is 18.8. The fourth-order valence-electron chi connectivity index (χ4n) is 2.30. The molecule has 0 spiro atoms. The lowest BCUT2D eigenvalue weighted by Crippen LogP contribution is -2.18. The number of benzene rings is 2. The Balaban J connectivity index is 1.66. The molecule has 2 aromatic carbocycles. The van der Waals surface area contributed by atoms with E-state index in [0.717, 1.165) is 12.2 Å². The summed E-state index contributed by atoms with van der Waals surface area (Å²) in [7, 11) is 0. The maximum absolute atomic E-state index is 11.7. The largest absolute Gasteiger partial charge is 0.490 e. The summed E-state index contributed by atoms with van der Waals surface area (Å²) in [6.45, 7) is 4.14. The fourth-order valence-corrected chi connectivity index (χ4v) is 2.30. The molecule has 0 bridgehead atoms. The van der Waals surface area contributed by atoms with Gasteiger partial charge in [0, 0.05) is 12.0 Å². The Morgan fingerprint density at radius 1 is 0.885 bits per heavy atom. The average molecular weight is 356 g/mol. The molecular formula is C21H24O5. The normalized spacial score (nSPS) is 10.2. The van der Waals surface area contributed by atoms with Crippen LogP contribution in [0.3, 0.4) is 0 Å². The number of aryl methyl sites for hydroxylation is 1. The number of esters is 1.